The van der Waals surface area contributed by atoms with Crippen LogP contribution in [0.25, 0.3) is 0 Å². The summed E-state index contributed by atoms with van der Waals surface area (Å²) < 4.78 is 10.7. The highest BCUT2D eigenvalue weighted by Crippen LogP contribution is 2.15. The first-order chi connectivity index (χ1) is 36.6. The quantitative estimate of drug-likeness (QED) is 0.0373. The molecule has 0 rings (SSSR count). The third kappa shape index (κ3) is 60.3. The van der Waals surface area contributed by atoms with E-state index in [4.69, 9.17) is 9.47 Å². The lowest BCUT2D eigenvalue weighted by atomic mass is 10.0. The van der Waals surface area contributed by atoms with Crippen molar-refractivity contribution in [1.82, 2.24) is 0 Å². The molecular weight excluding hydrogens is 909 g/mol. The van der Waals surface area contributed by atoms with E-state index in [0.717, 1.165) is 116 Å². The highest BCUT2D eigenvalue weighted by molar-refractivity contribution is 5.70. The largest absolute Gasteiger partial charge is 0.462 e. The second-order valence-corrected chi connectivity index (χ2v) is 19.7. The van der Waals surface area contributed by atoms with Crippen LogP contribution in [-0.4, -0.2) is 36.4 Å². The van der Waals surface area contributed by atoms with Gasteiger partial charge in [0.05, 0.1) is 6.61 Å². The first-order valence-electron chi connectivity index (χ1n) is 30.4. The van der Waals surface area contributed by atoms with E-state index >= 15 is 0 Å². The molecule has 0 aliphatic carbocycles. The smallest absolute Gasteiger partial charge is 0.306 e. The van der Waals surface area contributed by atoms with Gasteiger partial charge < -0.3 is 14.6 Å². The summed E-state index contributed by atoms with van der Waals surface area (Å²) >= 11 is 0. The summed E-state index contributed by atoms with van der Waals surface area (Å²) in [5, 5.41) is 9.68. The number of ether oxygens (including phenoxy) is 2. The van der Waals surface area contributed by atoms with Crippen molar-refractivity contribution in [3.63, 3.8) is 0 Å². The summed E-state index contributed by atoms with van der Waals surface area (Å²) in [6.07, 6.45) is 95.4. The van der Waals surface area contributed by atoms with Gasteiger partial charge in [-0.1, -0.05) is 275 Å². The van der Waals surface area contributed by atoms with Crippen LogP contribution in [0.3, 0.4) is 0 Å². The van der Waals surface area contributed by atoms with Crippen molar-refractivity contribution in [3.8, 4) is 0 Å². The second kappa shape index (κ2) is 63.1. The van der Waals surface area contributed by atoms with Crippen molar-refractivity contribution in [3.05, 3.63) is 146 Å². The Kier molecular flexibility index (Phi) is 59.5. The Hall–Kier alpha value is -4.22. The van der Waals surface area contributed by atoms with Crippen LogP contribution in [0, 0.1) is 0 Å². The molecule has 0 aromatic rings. The fourth-order valence-corrected chi connectivity index (χ4v) is 8.15. The van der Waals surface area contributed by atoms with Gasteiger partial charge in [0.1, 0.15) is 6.61 Å². The van der Waals surface area contributed by atoms with E-state index in [9.17, 15) is 14.7 Å². The second-order valence-electron chi connectivity index (χ2n) is 19.7. The molecule has 0 bridgehead atoms. The van der Waals surface area contributed by atoms with E-state index in [1.165, 1.54) is 116 Å². The molecule has 0 aliphatic heterocycles. The van der Waals surface area contributed by atoms with Crippen LogP contribution in [-0.2, 0) is 19.1 Å². The maximum absolute atomic E-state index is 12.3. The van der Waals surface area contributed by atoms with Crippen molar-refractivity contribution < 1.29 is 24.2 Å². The van der Waals surface area contributed by atoms with Crippen LogP contribution in [0.1, 0.15) is 258 Å². The Morgan fingerprint density at radius 3 is 0.811 bits per heavy atom. The molecule has 0 aromatic carbocycles. The number of aliphatic hydroxyl groups is 1. The summed E-state index contributed by atoms with van der Waals surface area (Å²) in [5.41, 5.74) is 0. The average molecular weight is 1020 g/mol. The van der Waals surface area contributed by atoms with Gasteiger partial charge in [-0.25, -0.2) is 0 Å². The van der Waals surface area contributed by atoms with E-state index in [0.29, 0.717) is 12.8 Å². The van der Waals surface area contributed by atoms with Gasteiger partial charge in [0.15, 0.2) is 6.10 Å². The fourth-order valence-electron chi connectivity index (χ4n) is 8.15. The number of carbonyl (C=O) groups is 2. The molecule has 0 fully saturated rings. The summed E-state index contributed by atoms with van der Waals surface area (Å²) in [7, 11) is 0. The number of rotatable bonds is 54. The number of aliphatic hydroxyl groups excluding tert-OH is 1. The van der Waals surface area contributed by atoms with E-state index in [1.54, 1.807) is 0 Å². The monoisotopic (exact) mass is 1020 g/mol. The van der Waals surface area contributed by atoms with Crippen molar-refractivity contribution in [2.75, 3.05) is 13.2 Å². The molecule has 0 heterocycles. The summed E-state index contributed by atoms with van der Waals surface area (Å²) in [6.45, 7) is 3.91. The number of esters is 2. The molecule has 1 unspecified atom stereocenters. The first kappa shape index (κ1) is 69.8. The van der Waals surface area contributed by atoms with Gasteiger partial charge in [0.25, 0.3) is 0 Å². The van der Waals surface area contributed by atoms with E-state index in [1.807, 2.05) is 0 Å². The van der Waals surface area contributed by atoms with Crippen LogP contribution in [0.4, 0.5) is 0 Å². The van der Waals surface area contributed by atoms with Crippen LogP contribution in [0.15, 0.2) is 146 Å². The zero-order valence-corrected chi connectivity index (χ0v) is 47.8. The molecule has 418 valence electrons. The minimum Gasteiger partial charge on any atom is -0.462 e. The van der Waals surface area contributed by atoms with Crippen molar-refractivity contribution in [1.29, 1.82) is 0 Å². The Morgan fingerprint density at radius 1 is 0.311 bits per heavy atom. The summed E-state index contributed by atoms with van der Waals surface area (Å²) in [4.78, 5) is 24.6. The average Bonchev–Trinajstić information content (AvgIpc) is 3.40. The number of carbonyl (C=O) groups excluding carboxylic acids is 2. The molecule has 0 spiro atoms. The normalized spacial score (nSPS) is 13.3. The summed E-state index contributed by atoms with van der Waals surface area (Å²) in [5.74, 6) is -0.602. The van der Waals surface area contributed by atoms with Crippen molar-refractivity contribution in [2.45, 2.75) is 264 Å². The minimum absolute atomic E-state index is 0.0766. The summed E-state index contributed by atoms with van der Waals surface area (Å²) in [6, 6.07) is 0. The number of unbranched alkanes of at least 4 members (excludes halogenated alkanes) is 22. The minimum atomic E-state index is -0.786. The molecule has 0 aromatic heterocycles. The lowest BCUT2D eigenvalue weighted by Gasteiger charge is -2.15. The SMILES string of the molecule is CC/C=C\C/C=C\C/C=C\C/C=C\C/C=C\C/C=C\CCCCCCCCCCCCCCC(=O)OC(CO)COC(=O)CCCCCCCCCCCC/C=C\C/C=C\C/C=C\C/C=C\C/C=C\C/C=C\CC. The molecule has 0 amide bonds. The maximum Gasteiger partial charge on any atom is 0.306 e. The third-order valence-corrected chi connectivity index (χ3v) is 12.6. The number of allylic oxidation sites excluding steroid dienone is 24. The Bertz CT molecular complexity index is 1580. The fraction of sp³-hybridized carbons (Fsp3) is 0.623. The molecule has 74 heavy (non-hydrogen) atoms. The van der Waals surface area contributed by atoms with Gasteiger partial charge >= 0.3 is 11.9 Å². The third-order valence-electron chi connectivity index (χ3n) is 12.6. The predicted molar refractivity (Wildman–Crippen MR) is 324 cm³/mol. The van der Waals surface area contributed by atoms with E-state index in [2.05, 4.69) is 160 Å². The molecule has 0 radical (unpaired) electrons. The number of hydrogen-bond acceptors (Lipinski definition) is 5. The van der Waals surface area contributed by atoms with Gasteiger partial charge in [-0.05, 0) is 116 Å². The Balaban J connectivity index is 3.55. The molecule has 0 aliphatic rings. The van der Waals surface area contributed by atoms with Gasteiger partial charge in [-0.2, -0.15) is 0 Å². The molecule has 0 saturated carbocycles. The van der Waals surface area contributed by atoms with Crippen LogP contribution < -0.4 is 0 Å². The van der Waals surface area contributed by atoms with Gasteiger partial charge in [-0.3, -0.25) is 9.59 Å². The van der Waals surface area contributed by atoms with E-state index in [-0.39, 0.29) is 25.2 Å². The van der Waals surface area contributed by atoms with Gasteiger partial charge in [-0.15, -0.1) is 0 Å². The van der Waals surface area contributed by atoms with Crippen LogP contribution >= 0.6 is 0 Å². The first-order valence-corrected chi connectivity index (χ1v) is 30.4. The molecule has 1 atom stereocenters. The van der Waals surface area contributed by atoms with Gasteiger partial charge in [0.2, 0.25) is 0 Å². The Morgan fingerprint density at radius 2 is 0.541 bits per heavy atom. The maximum atomic E-state index is 12.3. The zero-order valence-electron chi connectivity index (χ0n) is 47.8. The number of hydrogen-bond donors (Lipinski definition) is 1. The van der Waals surface area contributed by atoms with Crippen molar-refractivity contribution >= 4 is 11.9 Å². The van der Waals surface area contributed by atoms with Crippen LogP contribution in [0.2, 0.25) is 0 Å². The van der Waals surface area contributed by atoms with Crippen LogP contribution in [0.5, 0.6) is 0 Å². The highest BCUT2D eigenvalue weighted by atomic mass is 16.6. The predicted octanol–water partition coefficient (Wildman–Crippen LogP) is 21.0. The standard InChI is InChI=1S/C69H112O5/c1-3-5-7-9-11-13-15-17-19-21-23-25-27-29-31-33-34-36-38-40-42-44-46-48-50-52-54-56-58-60-62-64-69(72)74-67(65-70)66-73-68(71)63-61-59-57-55-53-51-49-47-45-43-41-39-37-35-32-30-28-26-24-22-20-18-16-14-12-10-8-6-4-2/h5-8,11-14,17-20,23-26,29-32,34,36-37,39,67,70H,3-4,9-10,15-16,21-22,27-28,33,35,38,40-66H2,1-2H3/b7-5-,8-6-,13-11-,14-12-,19-17-,20-18-,25-23-,26-24-,31-29-,32-30-,36-34-,39-37-. The highest BCUT2D eigenvalue weighted by Gasteiger charge is 2.16. The molecular formula is C69H112O5. The zero-order chi connectivity index (χ0) is 53.4. The molecule has 0 saturated heterocycles. The van der Waals surface area contributed by atoms with E-state index < -0.39 is 6.10 Å². The lowest BCUT2D eigenvalue weighted by Crippen LogP contribution is -2.28. The Labute approximate surface area is 457 Å². The topological polar surface area (TPSA) is 72.8 Å². The molecule has 5 nitrogen and oxygen atoms in total. The van der Waals surface area contributed by atoms with Gasteiger partial charge in [0, 0.05) is 12.8 Å². The lowest BCUT2D eigenvalue weighted by molar-refractivity contribution is -0.161. The molecule has 1 N–H and O–H groups in total. The van der Waals surface area contributed by atoms with Crippen molar-refractivity contribution in [2.24, 2.45) is 0 Å². The molecule has 5 heteroatoms.